The summed E-state index contributed by atoms with van der Waals surface area (Å²) in [5.74, 6) is 0. The summed E-state index contributed by atoms with van der Waals surface area (Å²) in [5.41, 5.74) is 5.16. The molecule has 0 aliphatic rings. The van der Waals surface area contributed by atoms with Crippen LogP contribution in [0.3, 0.4) is 0 Å². The minimum Gasteiger partial charge on any atom is -0.135 e. The highest BCUT2D eigenvalue weighted by molar-refractivity contribution is 7.26. The molecule has 0 radical (unpaired) electrons. The van der Waals surface area contributed by atoms with Crippen molar-refractivity contribution >= 4 is 95.3 Å². The van der Waals surface area contributed by atoms with Crippen LogP contribution in [0, 0.1) is 0 Å². The summed E-state index contributed by atoms with van der Waals surface area (Å²) < 4.78 is 5.36. The van der Waals surface area contributed by atoms with Crippen LogP contribution < -0.4 is 0 Å². The molecule has 0 nitrogen and oxygen atoms in total. The first-order chi connectivity index (χ1) is 21.8. The van der Waals surface area contributed by atoms with E-state index in [1.54, 1.807) is 0 Å². The van der Waals surface area contributed by atoms with Gasteiger partial charge in [-0.2, -0.15) is 0 Å². The molecule has 0 N–H and O–H groups in total. The van der Waals surface area contributed by atoms with Crippen molar-refractivity contribution in [2.75, 3.05) is 0 Å². The molecule has 8 aromatic carbocycles. The van der Waals surface area contributed by atoms with Gasteiger partial charge in [-0.1, -0.05) is 109 Å². The van der Waals surface area contributed by atoms with E-state index in [0.29, 0.717) is 0 Å². The third-order valence-corrected chi connectivity index (χ3v) is 11.5. The topological polar surface area (TPSA) is 0 Å². The van der Waals surface area contributed by atoms with E-state index in [9.17, 15) is 0 Å². The maximum Gasteiger partial charge on any atom is 0.0361 e. The summed E-state index contributed by atoms with van der Waals surface area (Å²) in [4.78, 5) is 0. The second kappa shape index (κ2) is 9.24. The van der Waals surface area contributed by atoms with Crippen molar-refractivity contribution in [3.05, 3.63) is 146 Å². The van der Waals surface area contributed by atoms with Gasteiger partial charge in [0, 0.05) is 40.3 Å². The SMILES string of the molecule is c1ccc2cc3c(cc2c1)sc1cc(-c2c4ccccc4c(-c4ccc5sc6ccccc6c5c4)c4ccccc24)ccc13. The zero-order valence-corrected chi connectivity index (χ0v) is 25.3. The van der Waals surface area contributed by atoms with Gasteiger partial charge in [0.15, 0.2) is 0 Å². The van der Waals surface area contributed by atoms with Crippen molar-refractivity contribution in [1.29, 1.82) is 0 Å². The summed E-state index contributed by atoms with van der Waals surface area (Å²) >= 11 is 3.78. The molecule has 0 bridgehead atoms. The van der Waals surface area contributed by atoms with Gasteiger partial charge in [0.2, 0.25) is 0 Å². The van der Waals surface area contributed by atoms with Gasteiger partial charge >= 0.3 is 0 Å². The molecule has 0 spiro atoms. The monoisotopic (exact) mass is 592 g/mol. The van der Waals surface area contributed by atoms with E-state index in [2.05, 4.69) is 146 Å². The summed E-state index contributed by atoms with van der Waals surface area (Å²) in [6.45, 7) is 0. The van der Waals surface area contributed by atoms with Crippen molar-refractivity contribution in [3.63, 3.8) is 0 Å². The molecule has 10 aromatic rings. The van der Waals surface area contributed by atoms with Crippen molar-refractivity contribution in [2.45, 2.75) is 0 Å². The van der Waals surface area contributed by atoms with Gasteiger partial charge in [-0.05, 0) is 91.0 Å². The van der Waals surface area contributed by atoms with E-state index in [0.717, 1.165) is 0 Å². The zero-order chi connectivity index (χ0) is 28.8. The summed E-state index contributed by atoms with van der Waals surface area (Å²) in [7, 11) is 0. The van der Waals surface area contributed by atoms with Crippen LogP contribution in [0.1, 0.15) is 0 Å². The number of hydrogen-bond donors (Lipinski definition) is 0. The largest absolute Gasteiger partial charge is 0.135 e. The van der Waals surface area contributed by atoms with Crippen molar-refractivity contribution in [3.8, 4) is 22.3 Å². The van der Waals surface area contributed by atoms with E-state index in [1.807, 2.05) is 22.7 Å². The molecule has 2 heteroatoms. The summed E-state index contributed by atoms with van der Waals surface area (Å²) in [6.07, 6.45) is 0. The van der Waals surface area contributed by atoms with Crippen LogP contribution in [0.2, 0.25) is 0 Å². The molecule has 0 atom stereocenters. The van der Waals surface area contributed by atoms with Gasteiger partial charge in [-0.25, -0.2) is 0 Å². The molecule has 204 valence electrons. The molecule has 2 heterocycles. The lowest BCUT2D eigenvalue weighted by atomic mass is 9.85. The Balaban J connectivity index is 1.25. The highest BCUT2D eigenvalue weighted by atomic mass is 32.1. The van der Waals surface area contributed by atoms with Crippen LogP contribution in [0.25, 0.3) is 94.9 Å². The fraction of sp³-hybridized carbons (Fsp3) is 0. The first-order valence-electron chi connectivity index (χ1n) is 15.0. The molecule has 2 aromatic heterocycles. The van der Waals surface area contributed by atoms with Crippen LogP contribution in [0.15, 0.2) is 146 Å². The molecule has 0 aliphatic carbocycles. The maximum absolute atomic E-state index is 2.42. The maximum atomic E-state index is 2.42. The number of hydrogen-bond acceptors (Lipinski definition) is 2. The Hall–Kier alpha value is -5.02. The summed E-state index contributed by atoms with van der Waals surface area (Å²) in [6, 6.07) is 54.2. The van der Waals surface area contributed by atoms with Crippen LogP contribution in [0.4, 0.5) is 0 Å². The van der Waals surface area contributed by atoms with Crippen molar-refractivity contribution in [1.82, 2.24) is 0 Å². The lowest BCUT2D eigenvalue weighted by Crippen LogP contribution is -1.90. The quantitative estimate of drug-likeness (QED) is 0.175. The summed E-state index contributed by atoms with van der Waals surface area (Å²) in [5, 5.41) is 13.1. The fourth-order valence-corrected chi connectivity index (χ4v) is 9.51. The number of fused-ring (bicyclic) bond motifs is 9. The normalized spacial score (nSPS) is 12.1. The first-order valence-corrected chi connectivity index (χ1v) is 16.6. The standard InChI is InChI=1S/C42H24S2/c1-2-10-26-23-40-36(21-25(26)9-1)30-19-17-28(24-39(30)44-40)42-33-14-5-3-12-31(33)41(32-13-4-6-15-34(32)42)27-18-20-38-35(22-27)29-11-7-8-16-37(29)43-38/h1-24H. The highest BCUT2D eigenvalue weighted by Crippen LogP contribution is 2.46. The van der Waals surface area contributed by atoms with Gasteiger partial charge < -0.3 is 0 Å². The molecule has 0 unspecified atom stereocenters. The molecule has 0 fully saturated rings. The highest BCUT2D eigenvalue weighted by Gasteiger charge is 2.18. The van der Waals surface area contributed by atoms with Gasteiger partial charge in [0.25, 0.3) is 0 Å². The lowest BCUT2D eigenvalue weighted by molar-refractivity contribution is 1.70. The molecular formula is C42H24S2. The predicted octanol–water partition coefficient (Wildman–Crippen LogP) is 13.2. The number of thiophene rings is 2. The average Bonchev–Trinajstić information content (AvgIpc) is 3.62. The second-order valence-corrected chi connectivity index (χ2v) is 13.8. The minimum atomic E-state index is 1.27. The number of benzene rings is 8. The van der Waals surface area contributed by atoms with E-state index in [-0.39, 0.29) is 0 Å². The Labute approximate surface area is 262 Å². The Kier molecular flexibility index (Phi) is 5.13. The van der Waals surface area contributed by atoms with E-state index in [4.69, 9.17) is 0 Å². The third kappa shape index (κ3) is 3.50. The Bertz CT molecular complexity index is 2720. The molecule has 44 heavy (non-hydrogen) atoms. The van der Waals surface area contributed by atoms with Crippen molar-refractivity contribution < 1.29 is 0 Å². The average molecular weight is 593 g/mol. The number of rotatable bonds is 2. The van der Waals surface area contributed by atoms with Gasteiger partial charge in [0.1, 0.15) is 0 Å². The lowest BCUT2D eigenvalue weighted by Gasteiger charge is -2.18. The van der Waals surface area contributed by atoms with Crippen LogP contribution in [0.5, 0.6) is 0 Å². The van der Waals surface area contributed by atoms with E-state index < -0.39 is 0 Å². The Morgan fingerprint density at radius 3 is 1.43 bits per heavy atom. The Morgan fingerprint density at radius 2 is 0.727 bits per heavy atom. The Morgan fingerprint density at radius 1 is 0.273 bits per heavy atom. The first kappa shape index (κ1) is 24.4. The third-order valence-electron chi connectivity index (χ3n) is 9.23. The molecule has 0 amide bonds. The van der Waals surface area contributed by atoms with Gasteiger partial charge in [-0.3, -0.25) is 0 Å². The van der Waals surface area contributed by atoms with E-state index in [1.165, 1.54) is 94.9 Å². The molecular weight excluding hydrogens is 569 g/mol. The molecule has 0 saturated heterocycles. The van der Waals surface area contributed by atoms with Crippen molar-refractivity contribution in [2.24, 2.45) is 0 Å². The van der Waals surface area contributed by atoms with Crippen LogP contribution in [-0.4, -0.2) is 0 Å². The van der Waals surface area contributed by atoms with Gasteiger partial charge in [-0.15, -0.1) is 22.7 Å². The van der Waals surface area contributed by atoms with Crippen LogP contribution in [-0.2, 0) is 0 Å². The minimum absolute atomic E-state index is 1.27. The second-order valence-electron chi connectivity index (χ2n) is 11.7. The molecule has 10 rings (SSSR count). The smallest absolute Gasteiger partial charge is 0.0361 e. The van der Waals surface area contributed by atoms with Gasteiger partial charge in [0.05, 0.1) is 0 Å². The molecule has 0 saturated carbocycles. The fourth-order valence-electron chi connectivity index (χ4n) is 7.25. The predicted molar refractivity (Wildman–Crippen MR) is 196 cm³/mol. The van der Waals surface area contributed by atoms with E-state index >= 15 is 0 Å². The molecule has 0 aliphatic heterocycles. The van der Waals surface area contributed by atoms with Crippen LogP contribution >= 0.6 is 22.7 Å². The zero-order valence-electron chi connectivity index (χ0n) is 23.7.